The average molecular weight is 418 g/mol. The maximum absolute atomic E-state index is 12.4. The molecule has 0 aliphatic carbocycles. The van der Waals surface area contributed by atoms with E-state index >= 15 is 0 Å². The fourth-order valence-electron chi connectivity index (χ4n) is 2.72. The Hall–Kier alpha value is -4.53. The van der Waals surface area contributed by atoms with Crippen LogP contribution in [0.4, 0.5) is 11.4 Å². The minimum absolute atomic E-state index is 0.144. The molecule has 0 bridgehead atoms. The molecule has 156 valence electrons. The van der Waals surface area contributed by atoms with E-state index in [9.17, 15) is 24.5 Å². The molecule has 3 amide bonds. The summed E-state index contributed by atoms with van der Waals surface area (Å²) in [4.78, 5) is 46.9. The summed E-state index contributed by atoms with van der Waals surface area (Å²) >= 11 is 0. The number of hydrogen-bond donors (Lipinski definition) is 3. The first-order valence-corrected chi connectivity index (χ1v) is 9.17. The lowest BCUT2D eigenvalue weighted by atomic mass is 10.1. The van der Waals surface area contributed by atoms with E-state index in [0.717, 1.165) is 5.56 Å². The van der Waals surface area contributed by atoms with E-state index in [1.165, 1.54) is 36.4 Å². The van der Waals surface area contributed by atoms with E-state index in [4.69, 9.17) is 0 Å². The van der Waals surface area contributed by atoms with Crippen LogP contribution < -0.4 is 16.2 Å². The van der Waals surface area contributed by atoms with Gasteiger partial charge < -0.3 is 5.32 Å². The molecule has 0 spiro atoms. The molecule has 0 unspecified atom stereocenters. The van der Waals surface area contributed by atoms with Crippen molar-refractivity contribution in [3.05, 3.63) is 105 Å². The Bertz CT molecular complexity index is 1160. The summed E-state index contributed by atoms with van der Waals surface area (Å²) in [6, 6.07) is 18.3. The number of hydrogen-bond acceptors (Lipinski definition) is 5. The summed E-state index contributed by atoms with van der Waals surface area (Å²) in [6.45, 7) is 1.88. The van der Waals surface area contributed by atoms with Crippen molar-refractivity contribution >= 4 is 29.1 Å². The van der Waals surface area contributed by atoms with Gasteiger partial charge in [0.05, 0.1) is 4.92 Å². The minimum Gasteiger partial charge on any atom is -0.322 e. The lowest BCUT2D eigenvalue weighted by molar-refractivity contribution is -0.384. The lowest BCUT2D eigenvalue weighted by Crippen LogP contribution is -2.41. The number of nitro benzene ring substituents is 1. The molecule has 3 N–H and O–H groups in total. The second kappa shape index (κ2) is 9.31. The van der Waals surface area contributed by atoms with Gasteiger partial charge in [0.25, 0.3) is 23.4 Å². The minimum atomic E-state index is -0.632. The Kier molecular flexibility index (Phi) is 6.36. The summed E-state index contributed by atoms with van der Waals surface area (Å²) in [7, 11) is 0. The normalized spacial score (nSPS) is 10.1. The predicted molar refractivity (Wildman–Crippen MR) is 114 cm³/mol. The van der Waals surface area contributed by atoms with Crippen LogP contribution in [0.2, 0.25) is 0 Å². The molecule has 0 fully saturated rings. The molecule has 0 heterocycles. The molecule has 0 saturated heterocycles. The number of aryl methyl sites for hydroxylation is 1. The van der Waals surface area contributed by atoms with Crippen LogP contribution in [0.15, 0.2) is 72.8 Å². The van der Waals surface area contributed by atoms with Crippen molar-refractivity contribution in [1.82, 2.24) is 10.9 Å². The monoisotopic (exact) mass is 418 g/mol. The van der Waals surface area contributed by atoms with E-state index in [1.54, 1.807) is 30.3 Å². The standard InChI is InChI=1S/C22H18N4O5/c1-14-4-2-5-16(12-14)20(27)23-18-7-3-6-17(13-18)22(29)25-24-21(28)15-8-10-19(11-9-15)26(30)31/h2-13H,1H3,(H,23,27)(H,24,28)(H,25,29). The van der Waals surface area contributed by atoms with Gasteiger partial charge in [-0.25, -0.2) is 0 Å². The number of hydrazine groups is 1. The van der Waals surface area contributed by atoms with Gasteiger partial charge in [-0.3, -0.25) is 35.3 Å². The molecule has 0 saturated carbocycles. The predicted octanol–water partition coefficient (Wildman–Crippen LogP) is 3.23. The zero-order chi connectivity index (χ0) is 22.4. The highest BCUT2D eigenvalue weighted by atomic mass is 16.6. The van der Waals surface area contributed by atoms with Gasteiger partial charge >= 0.3 is 0 Å². The highest BCUT2D eigenvalue weighted by Crippen LogP contribution is 2.14. The van der Waals surface area contributed by atoms with Gasteiger partial charge in [-0.2, -0.15) is 0 Å². The van der Waals surface area contributed by atoms with Crippen molar-refractivity contribution < 1.29 is 19.3 Å². The lowest BCUT2D eigenvalue weighted by Gasteiger charge is -2.10. The smallest absolute Gasteiger partial charge is 0.269 e. The van der Waals surface area contributed by atoms with Crippen LogP contribution in [0.1, 0.15) is 36.6 Å². The summed E-state index contributed by atoms with van der Waals surface area (Å²) in [5.74, 6) is -1.54. The average Bonchev–Trinajstić information content (AvgIpc) is 2.77. The van der Waals surface area contributed by atoms with E-state index in [-0.39, 0.29) is 22.7 Å². The number of amides is 3. The summed E-state index contributed by atoms with van der Waals surface area (Å²) in [5.41, 5.74) is 6.58. The van der Waals surface area contributed by atoms with Crippen molar-refractivity contribution in [1.29, 1.82) is 0 Å². The Morgan fingerprint density at radius 2 is 1.32 bits per heavy atom. The van der Waals surface area contributed by atoms with Gasteiger partial charge in [-0.15, -0.1) is 0 Å². The maximum atomic E-state index is 12.4. The number of carbonyl (C=O) groups is 3. The second-order valence-electron chi connectivity index (χ2n) is 6.62. The van der Waals surface area contributed by atoms with Gasteiger partial charge in [0, 0.05) is 34.5 Å². The molecule has 0 aliphatic rings. The van der Waals surface area contributed by atoms with Gasteiger partial charge in [0.15, 0.2) is 0 Å². The molecule has 9 heteroatoms. The molecule has 0 radical (unpaired) electrons. The zero-order valence-electron chi connectivity index (χ0n) is 16.4. The van der Waals surface area contributed by atoms with E-state index in [2.05, 4.69) is 16.2 Å². The third kappa shape index (κ3) is 5.51. The Morgan fingerprint density at radius 3 is 1.94 bits per heavy atom. The number of benzene rings is 3. The van der Waals surface area contributed by atoms with Gasteiger partial charge in [-0.1, -0.05) is 23.8 Å². The van der Waals surface area contributed by atoms with Gasteiger partial charge in [0.2, 0.25) is 0 Å². The highest BCUT2D eigenvalue weighted by Gasteiger charge is 2.12. The first-order chi connectivity index (χ1) is 14.8. The fourth-order valence-corrected chi connectivity index (χ4v) is 2.72. The number of nitrogens with zero attached hydrogens (tertiary/aromatic N) is 1. The van der Waals surface area contributed by atoms with Gasteiger partial charge in [0.1, 0.15) is 0 Å². The van der Waals surface area contributed by atoms with Crippen molar-refractivity contribution in [2.75, 3.05) is 5.32 Å². The molecule has 9 nitrogen and oxygen atoms in total. The Balaban J connectivity index is 1.61. The SMILES string of the molecule is Cc1cccc(C(=O)Nc2cccc(C(=O)NNC(=O)c3ccc([N+](=O)[O-])cc3)c2)c1. The number of anilines is 1. The van der Waals surface area contributed by atoms with Crippen LogP contribution in [-0.2, 0) is 0 Å². The van der Waals surface area contributed by atoms with E-state index in [0.29, 0.717) is 11.3 Å². The highest BCUT2D eigenvalue weighted by molar-refractivity contribution is 6.05. The molecule has 0 aromatic heterocycles. The molecule has 3 rings (SSSR count). The van der Waals surface area contributed by atoms with Crippen LogP contribution in [0.5, 0.6) is 0 Å². The van der Waals surface area contributed by atoms with E-state index < -0.39 is 16.7 Å². The topological polar surface area (TPSA) is 130 Å². The summed E-state index contributed by atoms with van der Waals surface area (Å²) in [5, 5.41) is 13.4. The molecular formula is C22H18N4O5. The number of nitrogens with one attached hydrogen (secondary N) is 3. The van der Waals surface area contributed by atoms with E-state index in [1.807, 2.05) is 13.0 Å². The van der Waals surface area contributed by atoms with Crippen LogP contribution >= 0.6 is 0 Å². The van der Waals surface area contributed by atoms with Crippen molar-refractivity contribution in [2.24, 2.45) is 0 Å². The number of carbonyl (C=O) groups excluding carboxylic acids is 3. The molecule has 31 heavy (non-hydrogen) atoms. The number of non-ortho nitro benzene ring substituents is 1. The van der Waals surface area contributed by atoms with Crippen LogP contribution in [0.25, 0.3) is 0 Å². The third-order valence-electron chi connectivity index (χ3n) is 4.29. The summed E-state index contributed by atoms with van der Waals surface area (Å²) < 4.78 is 0. The van der Waals surface area contributed by atoms with Crippen LogP contribution in [0, 0.1) is 17.0 Å². The molecule has 3 aromatic carbocycles. The molecule has 0 atom stereocenters. The van der Waals surface area contributed by atoms with Crippen molar-refractivity contribution in [3.8, 4) is 0 Å². The quantitative estimate of drug-likeness (QED) is 0.433. The molecule has 0 aliphatic heterocycles. The first-order valence-electron chi connectivity index (χ1n) is 9.17. The zero-order valence-corrected chi connectivity index (χ0v) is 16.4. The summed E-state index contributed by atoms with van der Waals surface area (Å²) in [6.07, 6.45) is 0. The largest absolute Gasteiger partial charge is 0.322 e. The Morgan fingerprint density at radius 1 is 0.742 bits per heavy atom. The maximum Gasteiger partial charge on any atom is 0.269 e. The Labute approximate surface area is 177 Å². The van der Waals surface area contributed by atoms with Crippen molar-refractivity contribution in [3.63, 3.8) is 0 Å². The fraction of sp³-hybridized carbons (Fsp3) is 0.0455. The third-order valence-corrected chi connectivity index (χ3v) is 4.29. The van der Waals surface area contributed by atoms with Crippen LogP contribution in [-0.4, -0.2) is 22.6 Å². The number of nitro groups is 1. The van der Waals surface area contributed by atoms with Gasteiger partial charge in [-0.05, 0) is 49.4 Å². The van der Waals surface area contributed by atoms with Crippen molar-refractivity contribution in [2.45, 2.75) is 6.92 Å². The second-order valence-corrected chi connectivity index (χ2v) is 6.62. The molecular weight excluding hydrogens is 400 g/mol. The molecule has 3 aromatic rings. The first kappa shape index (κ1) is 21.2. The van der Waals surface area contributed by atoms with Crippen LogP contribution in [0.3, 0.4) is 0 Å². The number of rotatable bonds is 5.